The van der Waals surface area contributed by atoms with Crippen molar-refractivity contribution in [1.29, 1.82) is 0 Å². The number of nitrogens with zero attached hydrogens (tertiary/aromatic N) is 2. The molecule has 3 aliphatic heterocycles. The van der Waals surface area contributed by atoms with Crippen LogP contribution < -0.4 is 0 Å². The van der Waals surface area contributed by atoms with Crippen LogP contribution in [0.4, 0.5) is 0 Å². The number of carboxylic acids is 1. The number of carbonyl (C=O) groups is 2. The molecule has 3 rings (SSSR count). The third-order valence-corrected chi connectivity index (χ3v) is 5.73. The first-order valence-electron chi connectivity index (χ1n) is 8.39. The number of hydrogen-bond donors (Lipinski definition) is 1. The fourth-order valence-corrected chi connectivity index (χ4v) is 4.61. The van der Waals surface area contributed by atoms with Gasteiger partial charge in [0.15, 0.2) is 0 Å². The molecule has 3 aliphatic rings. The molecule has 0 aromatic rings. The monoisotopic (exact) mass is 294 g/mol. The van der Waals surface area contributed by atoms with Crippen molar-refractivity contribution in [3.05, 3.63) is 0 Å². The first-order valence-corrected chi connectivity index (χ1v) is 8.39. The van der Waals surface area contributed by atoms with Gasteiger partial charge in [0.1, 0.15) is 0 Å². The van der Waals surface area contributed by atoms with Crippen molar-refractivity contribution in [3.63, 3.8) is 0 Å². The van der Waals surface area contributed by atoms with Crippen LogP contribution in [0, 0.1) is 5.92 Å². The van der Waals surface area contributed by atoms with Gasteiger partial charge in [-0.1, -0.05) is 6.92 Å². The van der Waals surface area contributed by atoms with E-state index < -0.39 is 5.97 Å². The van der Waals surface area contributed by atoms with Crippen molar-refractivity contribution in [3.8, 4) is 0 Å². The minimum absolute atomic E-state index is 0.0846. The summed E-state index contributed by atoms with van der Waals surface area (Å²) in [5.41, 5.74) is 0. The van der Waals surface area contributed by atoms with Crippen molar-refractivity contribution >= 4 is 11.9 Å². The lowest BCUT2D eigenvalue weighted by atomic mass is 9.89. The zero-order valence-electron chi connectivity index (χ0n) is 12.8. The highest BCUT2D eigenvalue weighted by Crippen LogP contribution is 2.41. The van der Waals surface area contributed by atoms with E-state index in [9.17, 15) is 14.7 Å². The molecule has 3 saturated heterocycles. The van der Waals surface area contributed by atoms with Gasteiger partial charge in [-0.2, -0.15) is 0 Å². The van der Waals surface area contributed by atoms with Gasteiger partial charge in [-0.25, -0.2) is 0 Å². The molecule has 5 nitrogen and oxygen atoms in total. The Kier molecular flexibility index (Phi) is 4.20. The molecule has 3 heterocycles. The maximum Gasteiger partial charge on any atom is 0.308 e. The minimum atomic E-state index is -0.691. The summed E-state index contributed by atoms with van der Waals surface area (Å²) in [6.45, 7) is 3.45. The quantitative estimate of drug-likeness (QED) is 0.857. The summed E-state index contributed by atoms with van der Waals surface area (Å²) in [5, 5.41) is 9.29. The first-order chi connectivity index (χ1) is 10.1. The molecule has 4 unspecified atom stereocenters. The van der Waals surface area contributed by atoms with E-state index >= 15 is 0 Å². The Balaban J connectivity index is 1.64. The Labute approximate surface area is 126 Å². The topological polar surface area (TPSA) is 60.9 Å². The van der Waals surface area contributed by atoms with Crippen LogP contribution in [0.3, 0.4) is 0 Å². The molecule has 0 radical (unpaired) electrons. The summed E-state index contributed by atoms with van der Waals surface area (Å²) in [6, 6.07) is 0.785. The van der Waals surface area contributed by atoms with Crippen LogP contribution >= 0.6 is 0 Å². The van der Waals surface area contributed by atoms with E-state index in [1.165, 1.54) is 6.42 Å². The van der Waals surface area contributed by atoms with Crippen LogP contribution in [-0.2, 0) is 9.59 Å². The van der Waals surface area contributed by atoms with Gasteiger partial charge in [-0.15, -0.1) is 0 Å². The van der Waals surface area contributed by atoms with Gasteiger partial charge in [0.05, 0.1) is 12.5 Å². The number of carbonyl (C=O) groups excluding carboxylic acids is 1. The summed E-state index contributed by atoms with van der Waals surface area (Å²) in [5.74, 6) is -0.742. The van der Waals surface area contributed by atoms with Gasteiger partial charge in [0, 0.05) is 24.7 Å². The highest BCUT2D eigenvalue weighted by molar-refractivity contribution is 5.79. The largest absolute Gasteiger partial charge is 0.481 e. The number of rotatable bonds is 4. The van der Waals surface area contributed by atoms with E-state index in [1.54, 1.807) is 0 Å². The summed E-state index contributed by atoms with van der Waals surface area (Å²) in [6.07, 6.45) is 7.18. The standard InChI is InChI=1S/C16H26N2O3/c1-2-11-5-3-4-8-17(11)15(19)10-18-12-6-7-14(18)13(9-12)16(20)21/h11-14H,2-10H2,1H3,(H,20,21). The Morgan fingerprint density at radius 2 is 2.00 bits per heavy atom. The molecule has 0 aromatic carbocycles. The minimum Gasteiger partial charge on any atom is -0.481 e. The predicted molar refractivity (Wildman–Crippen MR) is 78.9 cm³/mol. The maximum atomic E-state index is 12.7. The van der Waals surface area contributed by atoms with Crippen molar-refractivity contribution < 1.29 is 14.7 Å². The third kappa shape index (κ3) is 2.68. The molecular formula is C16H26N2O3. The number of likely N-dealkylation sites (tertiary alicyclic amines) is 1. The van der Waals surface area contributed by atoms with Crippen molar-refractivity contribution in [2.24, 2.45) is 5.92 Å². The molecule has 1 amide bonds. The Hall–Kier alpha value is -1.10. The number of piperidine rings is 1. The Morgan fingerprint density at radius 3 is 2.67 bits per heavy atom. The van der Waals surface area contributed by atoms with Gasteiger partial charge in [-0.3, -0.25) is 14.5 Å². The van der Waals surface area contributed by atoms with Crippen LogP contribution in [0.15, 0.2) is 0 Å². The summed E-state index contributed by atoms with van der Waals surface area (Å²) < 4.78 is 0. The van der Waals surface area contributed by atoms with E-state index in [0.29, 0.717) is 18.6 Å². The Bertz CT molecular complexity index is 426. The number of fused-ring (bicyclic) bond motifs is 2. The lowest BCUT2D eigenvalue weighted by Crippen LogP contribution is -2.49. The van der Waals surface area contributed by atoms with E-state index in [1.807, 2.05) is 0 Å². The van der Waals surface area contributed by atoms with Crippen LogP contribution in [0.5, 0.6) is 0 Å². The van der Waals surface area contributed by atoms with Gasteiger partial charge < -0.3 is 10.0 Å². The molecule has 2 bridgehead atoms. The summed E-state index contributed by atoms with van der Waals surface area (Å²) >= 11 is 0. The fourth-order valence-electron chi connectivity index (χ4n) is 4.61. The molecule has 0 spiro atoms. The second-order valence-corrected chi connectivity index (χ2v) is 6.80. The molecule has 1 N–H and O–H groups in total. The zero-order valence-corrected chi connectivity index (χ0v) is 12.8. The van der Waals surface area contributed by atoms with Gasteiger partial charge in [0.25, 0.3) is 0 Å². The zero-order chi connectivity index (χ0) is 15.0. The molecule has 0 aromatic heterocycles. The summed E-state index contributed by atoms with van der Waals surface area (Å²) in [4.78, 5) is 28.2. The van der Waals surface area contributed by atoms with Crippen LogP contribution in [0.1, 0.15) is 51.9 Å². The van der Waals surface area contributed by atoms with Crippen LogP contribution in [0.25, 0.3) is 0 Å². The van der Waals surface area contributed by atoms with E-state index in [2.05, 4.69) is 16.7 Å². The average Bonchev–Trinajstić information content (AvgIpc) is 3.04. The molecule has 5 heteroatoms. The van der Waals surface area contributed by atoms with Crippen molar-refractivity contribution in [2.45, 2.75) is 70.0 Å². The van der Waals surface area contributed by atoms with Gasteiger partial charge in [-0.05, 0) is 44.9 Å². The maximum absolute atomic E-state index is 12.7. The third-order valence-electron chi connectivity index (χ3n) is 5.73. The van der Waals surface area contributed by atoms with Gasteiger partial charge >= 0.3 is 5.97 Å². The molecule has 4 atom stereocenters. The first kappa shape index (κ1) is 14.8. The van der Waals surface area contributed by atoms with Gasteiger partial charge in [0.2, 0.25) is 5.91 Å². The molecule has 21 heavy (non-hydrogen) atoms. The molecule has 3 fully saturated rings. The van der Waals surface area contributed by atoms with E-state index in [4.69, 9.17) is 0 Å². The number of hydrogen-bond acceptors (Lipinski definition) is 3. The van der Waals surface area contributed by atoms with Crippen LogP contribution in [-0.4, -0.2) is 58.0 Å². The number of amides is 1. The number of aliphatic carboxylic acids is 1. The van der Waals surface area contributed by atoms with E-state index in [-0.39, 0.29) is 17.9 Å². The van der Waals surface area contributed by atoms with Crippen LogP contribution in [0.2, 0.25) is 0 Å². The van der Waals surface area contributed by atoms with E-state index in [0.717, 1.165) is 45.1 Å². The second kappa shape index (κ2) is 5.95. The normalized spacial score (nSPS) is 36.1. The average molecular weight is 294 g/mol. The molecule has 118 valence electrons. The highest BCUT2D eigenvalue weighted by Gasteiger charge is 2.50. The lowest BCUT2D eigenvalue weighted by Gasteiger charge is -2.37. The second-order valence-electron chi connectivity index (χ2n) is 6.80. The van der Waals surface area contributed by atoms with Crippen molar-refractivity contribution in [2.75, 3.05) is 13.1 Å². The highest BCUT2D eigenvalue weighted by atomic mass is 16.4. The SMILES string of the molecule is CCC1CCCCN1C(=O)CN1C2CCC1C(C(=O)O)C2. The Morgan fingerprint density at radius 1 is 1.19 bits per heavy atom. The molecular weight excluding hydrogens is 268 g/mol. The summed E-state index contributed by atoms with van der Waals surface area (Å²) in [7, 11) is 0. The van der Waals surface area contributed by atoms with Crippen molar-refractivity contribution in [1.82, 2.24) is 9.80 Å². The lowest BCUT2D eigenvalue weighted by molar-refractivity contribution is -0.143. The predicted octanol–water partition coefficient (Wildman–Crippen LogP) is 1.72. The number of carboxylic acid groups (broad SMARTS) is 1. The fraction of sp³-hybridized carbons (Fsp3) is 0.875. The molecule has 0 aliphatic carbocycles. The smallest absolute Gasteiger partial charge is 0.308 e. The molecule has 0 saturated carbocycles.